The second kappa shape index (κ2) is 11.1. The van der Waals surface area contributed by atoms with Crippen molar-refractivity contribution in [3.05, 3.63) is 71.3 Å². The van der Waals surface area contributed by atoms with Crippen molar-refractivity contribution in [1.82, 2.24) is 10.6 Å². The molecular weight excluding hydrogens is 433 g/mol. The molecule has 2 rings (SSSR count). The van der Waals surface area contributed by atoms with E-state index in [1.165, 1.54) is 0 Å². The van der Waals surface area contributed by atoms with Crippen molar-refractivity contribution in [1.29, 1.82) is 0 Å². The third-order valence-electron chi connectivity index (χ3n) is 4.34. The molecule has 4 N–H and O–H groups in total. The highest BCUT2D eigenvalue weighted by Crippen LogP contribution is 2.29. The zero-order valence-electron chi connectivity index (χ0n) is 16.6. The number of alkyl carbamates (subject to hydrolysis) is 1. The third kappa shape index (κ3) is 7.58. The SMILES string of the molecule is O=C(N[C@@H](CO)C(=O)N[C@@H](Cc1ccc(C(F)(F)F)cc1)C(=O)O)OCc1ccccc1. The summed E-state index contributed by atoms with van der Waals surface area (Å²) in [6, 6.07) is 9.49. The van der Waals surface area contributed by atoms with Gasteiger partial charge in [0.05, 0.1) is 12.2 Å². The van der Waals surface area contributed by atoms with E-state index in [0.717, 1.165) is 24.3 Å². The Balaban J connectivity index is 1.94. The van der Waals surface area contributed by atoms with Crippen LogP contribution in [0.1, 0.15) is 16.7 Å². The predicted octanol–water partition coefficient (Wildman–Crippen LogP) is 2.10. The maximum atomic E-state index is 12.6. The molecule has 0 saturated heterocycles. The molecule has 11 heteroatoms. The summed E-state index contributed by atoms with van der Waals surface area (Å²) in [5.74, 6) is -2.44. The first-order chi connectivity index (χ1) is 15.1. The highest BCUT2D eigenvalue weighted by molar-refractivity contribution is 5.89. The molecule has 0 radical (unpaired) electrons. The van der Waals surface area contributed by atoms with Crippen LogP contribution in [-0.4, -0.2) is 46.9 Å². The van der Waals surface area contributed by atoms with E-state index in [1.807, 2.05) is 0 Å². The van der Waals surface area contributed by atoms with Crippen molar-refractivity contribution >= 4 is 18.0 Å². The number of alkyl halides is 3. The number of aliphatic hydroxyl groups excluding tert-OH is 1. The smallest absolute Gasteiger partial charge is 0.416 e. The van der Waals surface area contributed by atoms with Gasteiger partial charge in [-0.3, -0.25) is 4.79 Å². The predicted molar refractivity (Wildman–Crippen MR) is 105 cm³/mol. The fraction of sp³-hybridized carbons (Fsp3) is 0.286. The van der Waals surface area contributed by atoms with E-state index < -0.39 is 48.4 Å². The zero-order chi connectivity index (χ0) is 23.7. The Bertz CT molecular complexity index is 919. The molecule has 172 valence electrons. The maximum Gasteiger partial charge on any atom is 0.416 e. The molecule has 0 fully saturated rings. The lowest BCUT2D eigenvalue weighted by molar-refractivity contribution is -0.142. The van der Waals surface area contributed by atoms with E-state index in [1.54, 1.807) is 30.3 Å². The molecule has 2 aromatic rings. The molecule has 0 unspecified atom stereocenters. The lowest BCUT2D eigenvalue weighted by atomic mass is 10.0. The van der Waals surface area contributed by atoms with Gasteiger partial charge in [-0.2, -0.15) is 13.2 Å². The Labute approximate surface area is 181 Å². The quantitative estimate of drug-likeness (QED) is 0.460. The minimum atomic E-state index is -4.53. The first-order valence-corrected chi connectivity index (χ1v) is 9.37. The van der Waals surface area contributed by atoms with Crippen LogP contribution >= 0.6 is 0 Å². The molecule has 0 saturated carbocycles. The molecule has 0 aliphatic rings. The van der Waals surface area contributed by atoms with E-state index in [-0.39, 0.29) is 18.6 Å². The zero-order valence-corrected chi connectivity index (χ0v) is 16.6. The summed E-state index contributed by atoms with van der Waals surface area (Å²) in [4.78, 5) is 35.7. The fourth-order valence-corrected chi connectivity index (χ4v) is 2.64. The first-order valence-electron chi connectivity index (χ1n) is 9.37. The average Bonchev–Trinajstić information content (AvgIpc) is 2.75. The van der Waals surface area contributed by atoms with Crippen molar-refractivity contribution in [2.75, 3.05) is 6.61 Å². The number of hydrogen-bond acceptors (Lipinski definition) is 5. The summed E-state index contributed by atoms with van der Waals surface area (Å²) >= 11 is 0. The number of carbonyl (C=O) groups is 3. The number of hydrogen-bond donors (Lipinski definition) is 4. The van der Waals surface area contributed by atoms with Gasteiger partial charge in [-0.15, -0.1) is 0 Å². The Morgan fingerprint density at radius 3 is 2.06 bits per heavy atom. The minimum Gasteiger partial charge on any atom is -0.480 e. The number of carboxylic acids is 1. The lowest BCUT2D eigenvalue weighted by Crippen LogP contribution is -2.53. The van der Waals surface area contributed by atoms with E-state index in [9.17, 15) is 37.8 Å². The number of rotatable bonds is 9. The molecule has 32 heavy (non-hydrogen) atoms. The number of carbonyl (C=O) groups excluding carboxylic acids is 2. The molecule has 0 bridgehead atoms. The highest BCUT2D eigenvalue weighted by atomic mass is 19.4. The second-order valence-corrected chi connectivity index (χ2v) is 6.74. The number of nitrogens with one attached hydrogen (secondary N) is 2. The largest absolute Gasteiger partial charge is 0.480 e. The summed E-state index contributed by atoms with van der Waals surface area (Å²) in [7, 11) is 0. The first kappa shape index (κ1) is 24.7. The summed E-state index contributed by atoms with van der Waals surface area (Å²) in [6.07, 6.45) is -5.85. The molecule has 0 aliphatic carbocycles. The fourth-order valence-electron chi connectivity index (χ4n) is 2.64. The average molecular weight is 454 g/mol. The Kier molecular flexibility index (Phi) is 8.59. The summed E-state index contributed by atoms with van der Waals surface area (Å²) in [5, 5.41) is 23.0. The molecule has 0 aliphatic heterocycles. The van der Waals surface area contributed by atoms with Crippen LogP contribution in [0.4, 0.5) is 18.0 Å². The minimum absolute atomic E-state index is 0.0852. The van der Waals surface area contributed by atoms with Crippen LogP contribution in [0.5, 0.6) is 0 Å². The van der Waals surface area contributed by atoms with Crippen LogP contribution in [0.25, 0.3) is 0 Å². The van der Waals surface area contributed by atoms with Gasteiger partial charge < -0.3 is 25.6 Å². The molecule has 2 aromatic carbocycles. The number of benzene rings is 2. The number of ether oxygens (including phenoxy) is 1. The number of carboxylic acid groups (broad SMARTS) is 1. The van der Waals surface area contributed by atoms with Gasteiger partial charge in [-0.1, -0.05) is 42.5 Å². The summed E-state index contributed by atoms with van der Waals surface area (Å²) < 4.78 is 42.9. The summed E-state index contributed by atoms with van der Waals surface area (Å²) in [5.41, 5.74) is 0.0346. The van der Waals surface area contributed by atoms with Gasteiger partial charge >= 0.3 is 18.2 Å². The summed E-state index contributed by atoms with van der Waals surface area (Å²) in [6.45, 7) is -0.920. The highest BCUT2D eigenvalue weighted by Gasteiger charge is 2.31. The van der Waals surface area contributed by atoms with Gasteiger partial charge in [0.15, 0.2) is 0 Å². The van der Waals surface area contributed by atoms with E-state index in [2.05, 4.69) is 10.6 Å². The van der Waals surface area contributed by atoms with Crippen molar-refractivity contribution < 1.29 is 42.5 Å². The third-order valence-corrected chi connectivity index (χ3v) is 4.34. The number of aliphatic hydroxyl groups is 1. The number of aliphatic carboxylic acids is 1. The van der Waals surface area contributed by atoms with Gasteiger partial charge in [-0.05, 0) is 23.3 Å². The monoisotopic (exact) mass is 454 g/mol. The van der Waals surface area contributed by atoms with Crippen molar-refractivity contribution in [2.24, 2.45) is 0 Å². The second-order valence-electron chi connectivity index (χ2n) is 6.74. The number of halogens is 3. The molecule has 2 atom stereocenters. The molecule has 0 spiro atoms. The molecule has 0 heterocycles. The van der Waals surface area contributed by atoms with Gasteiger partial charge in [0.1, 0.15) is 18.7 Å². The number of amides is 2. The van der Waals surface area contributed by atoms with E-state index >= 15 is 0 Å². The van der Waals surface area contributed by atoms with Crippen LogP contribution in [0.3, 0.4) is 0 Å². The maximum absolute atomic E-state index is 12.6. The molecule has 8 nitrogen and oxygen atoms in total. The van der Waals surface area contributed by atoms with Crippen LogP contribution in [-0.2, 0) is 33.5 Å². The van der Waals surface area contributed by atoms with Gasteiger partial charge in [0, 0.05) is 6.42 Å². The van der Waals surface area contributed by atoms with Crippen molar-refractivity contribution in [2.45, 2.75) is 31.3 Å². The van der Waals surface area contributed by atoms with Crippen molar-refractivity contribution in [3.63, 3.8) is 0 Å². The lowest BCUT2D eigenvalue weighted by Gasteiger charge is -2.20. The van der Waals surface area contributed by atoms with Crippen LogP contribution in [0.2, 0.25) is 0 Å². The molecule has 2 amide bonds. The van der Waals surface area contributed by atoms with Crippen LogP contribution in [0.15, 0.2) is 54.6 Å². The van der Waals surface area contributed by atoms with E-state index in [4.69, 9.17) is 4.74 Å². The van der Waals surface area contributed by atoms with Gasteiger partial charge in [-0.25, -0.2) is 9.59 Å². The Hall–Kier alpha value is -3.60. The topological polar surface area (TPSA) is 125 Å². The van der Waals surface area contributed by atoms with Gasteiger partial charge in [0.2, 0.25) is 5.91 Å². The Morgan fingerprint density at radius 1 is 0.906 bits per heavy atom. The standard InChI is InChI=1S/C21H21F3N2O6/c22-21(23,24)15-8-6-13(7-9-15)10-16(19(29)30)25-18(28)17(11-27)26-20(31)32-12-14-4-2-1-3-5-14/h1-9,16-17,27H,10-12H2,(H,25,28)(H,26,31)(H,29,30)/t16-,17-/m0/s1. The van der Waals surface area contributed by atoms with E-state index in [0.29, 0.717) is 5.56 Å². The molecule has 0 aromatic heterocycles. The van der Waals surface area contributed by atoms with Crippen molar-refractivity contribution in [3.8, 4) is 0 Å². The molecular formula is C21H21F3N2O6. The van der Waals surface area contributed by atoms with Crippen LogP contribution < -0.4 is 10.6 Å². The Morgan fingerprint density at radius 2 is 1.53 bits per heavy atom. The van der Waals surface area contributed by atoms with Crippen LogP contribution in [0, 0.1) is 0 Å². The van der Waals surface area contributed by atoms with Gasteiger partial charge in [0.25, 0.3) is 0 Å². The normalized spacial score (nSPS) is 13.0.